The standard InChI is InChI=1S/C9H16N4O2S/c1-3-16(14,15)12(2)7-9-11-10-8-5-4-6-13(8)9/h3-7H2,1-2H3. The Balaban J connectivity index is 2.16. The van der Waals surface area contributed by atoms with Crippen molar-refractivity contribution < 1.29 is 8.42 Å². The Morgan fingerprint density at radius 1 is 1.44 bits per heavy atom. The van der Waals surface area contributed by atoms with Gasteiger partial charge in [-0.05, 0) is 13.3 Å². The zero-order chi connectivity index (χ0) is 11.8. The summed E-state index contributed by atoms with van der Waals surface area (Å²) in [5, 5.41) is 8.08. The minimum atomic E-state index is -3.14. The zero-order valence-corrected chi connectivity index (χ0v) is 10.4. The summed E-state index contributed by atoms with van der Waals surface area (Å²) in [5.41, 5.74) is 0. The summed E-state index contributed by atoms with van der Waals surface area (Å²) >= 11 is 0. The summed E-state index contributed by atoms with van der Waals surface area (Å²) in [6.45, 7) is 2.85. The van der Waals surface area contributed by atoms with Crippen molar-refractivity contribution in [2.75, 3.05) is 12.8 Å². The van der Waals surface area contributed by atoms with E-state index < -0.39 is 10.0 Å². The topological polar surface area (TPSA) is 68.1 Å². The Morgan fingerprint density at radius 2 is 2.19 bits per heavy atom. The van der Waals surface area contributed by atoms with E-state index in [0.29, 0.717) is 6.54 Å². The van der Waals surface area contributed by atoms with Gasteiger partial charge in [0, 0.05) is 20.0 Å². The van der Waals surface area contributed by atoms with Crippen molar-refractivity contribution in [1.29, 1.82) is 0 Å². The molecule has 1 aliphatic heterocycles. The first-order valence-electron chi connectivity index (χ1n) is 5.39. The number of rotatable bonds is 4. The Kier molecular flexibility index (Phi) is 2.98. The Morgan fingerprint density at radius 3 is 2.88 bits per heavy atom. The van der Waals surface area contributed by atoms with Crippen molar-refractivity contribution in [2.24, 2.45) is 0 Å². The van der Waals surface area contributed by atoms with Gasteiger partial charge in [-0.15, -0.1) is 10.2 Å². The lowest BCUT2D eigenvalue weighted by Crippen LogP contribution is -2.29. The summed E-state index contributed by atoms with van der Waals surface area (Å²) in [6.07, 6.45) is 2.01. The molecule has 0 unspecified atom stereocenters. The molecule has 6 nitrogen and oxygen atoms in total. The van der Waals surface area contributed by atoms with E-state index in [1.54, 1.807) is 14.0 Å². The van der Waals surface area contributed by atoms with Gasteiger partial charge in [0.15, 0.2) is 0 Å². The fourth-order valence-electron chi connectivity index (χ4n) is 1.85. The molecule has 0 atom stereocenters. The predicted molar refractivity (Wildman–Crippen MR) is 59.3 cm³/mol. The van der Waals surface area contributed by atoms with Gasteiger partial charge in [0.2, 0.25) is 10.0 Å². The van der Waals surface area contributed by atoms with Crippen LogP contribution in [0.4, 0.5) is 0 Å². The average Bonchev–Trinajstić information content (AvgIpc) is 2.82. The molecule has 0 aromatic carbocycles. The molecule has 0 fully saturated rings. The maximum Gasteiger partial charge on any atom is 0.213 e. The smallest absolute Gasteiger partial charge is 0.213 e. The quantitative estimate of drug-likeness (QED) is 0.748. The van der Waals surface area contributed by atoms with E-state index in [2.05, 4.69) is 10.2 Å². The lowest BCUT2D eigenvalue weighted by molar-refractivity contribution is 0.448. The van der Waals surface area contributed by atoms with Crippen LogP contribution in [0.5, 0.6) is 0 Å². The van der Waals surface area contributed by atoms with Crippen molar-refractivity contribution in [1.82, 2.24) is 19.1 Å². The van der Waals surface area contributed by atoms with E-state index in [0.717, 1.165) is 31.0 Å². The van der Waals surface area contributed by atoms with E-state index in [-0.39, 0.29) is 5.75 Å². The SMILES string of the molecule is CCS(=O)(=O)N(C)Cc1nnc2n1CCC2. The molecule has 0 radical (unpaired) electrons. The molecule has 2 rings (SSSR count). The molecule has 7 heteroatoms. The second kappa shape index (κ2) is 4.14. The summed E-state index contributed by atoms with van der Waals surface area (Å²) in [7, 11) is -1.56. The molecular weight excluding hydrogens is 228 g/mol. The summed E-state index contributed by atoms with van der Waals surface area (Å²) < 4.78 is 26.5. The van der Waals surface area contributed by atoms with E-state index in [4.69, 9.17) is 0 Å². The molecule has 0 saturated carbocycles. The molecule has 1 aromatic rings. The highest BCUT2D eigenvalue weighted by atomic mass is 32.2. The molecule has 0 N–H and O–H groups in total. The third kappa shape index (κ3) is 1.97. The van der Waals surface area contributed by atoms with Crippen LogP contribution in [-0.2, 0) is 29.5 Å². The Hall–Kier alpha value is -0.950. The van der Waals surface area contributed by atoms with Crippen molar-refractivity contribution >= 4 is 10.0 Å². The van der Waals surface area contributed by atoms with Gasteiger partial charge in [-0.2, -0.15) is 4.31 Å². The average molecular weight is 244 g/mol. The van der Waals surface area contributed by atoms with E-state index >= 15 is 0 Å². The number of sulfonamides is 1. The molecule has 2 heterocycles. The molecular formula is C9H16N4O2S. The van der Waals surface area contributed by atoms with Crippen molar-refractivity contribution in [2.45, 2.75) is 32.9 Å². The molecule has 0 spiro atoms. The van der Waals surface area contributed by atoms with Crippen LogP contribution in [0, 0.1) is 0 Å². The maximum absolute atomic E-state index is 11.6. The van der Waals surface area contributed by atoms with Crippen LogP contribution in [0.3, 0.4) is 0 Å². The van der Waals surface area contributed by atoms with Crippen LogP contribution in [0.1, 0.15) is 25.0 Å². The van der Waals surface area contributed by atoms with Gasteiger partial charge in [-0.25, -0.2) is 8.42 Å². The monoisotopic (exact) mass is 244 g/mol. The molecule has 1 aromatic heterocycles. The first-order chi connectivity index (χ1) is 7.54. The number of nitrogens with zero attached hydrogens (tertiary/aromatic N) is 4. The van der Waals surface area contributed by atoms with Crippen LogP contribution >= 0.6 is 0 Å². The maximum atomic E-state index is 11.6. The van der Waals surface area contributed by atoms with Gasteiger partial charge in [-0.1, -0.05) is 0 Å². The minimum absolute atomic E-state index is 0.116. The molecule has 0 bridgehead atoms. The number of hydrogen-bond donors (Lipinski definition) is 0. The van der Waals surface area contributed by atoms with Crippen LogP contribution in [0.25, 0.3) is 0 Å². The zero-order valence-electron chi connectivity index (χ0n) is 9.55. The summed E-state index contributed by atoms with van der Waals surface area (Å²) in [5.74, 6) is 1.83. The van der Waals surface area contributed by atoms with Crippen molar-refractivity contribution in [3.63, 3.8) is 0 Å². The molecule has 0 saturated heterocycles. The van der Waals surface area contributed by atoms with Crippen LogP contribution in [0.15, 0.2) is 0 Å². The first-order valence-corrected chi connectivity index (χ1v) is 7.00. The third-order valence-electron chi connectivity index (χ3n) is 2.89. The molecule has 16 heavy (non-hydrogen) atoms. The van der Waals surface area contributed by atoms with E-state index in [9.17, 15) is 8.42 Å². The second-order valence-corrected chi connectivity index (χ2v) is 6.31. The fraction of sp³-hybridized carbons (Fsp3) is 0.778. The predicted octanol–water partition coefficient (Wildman–Crippen LogP) is 0.00580. The minimum Gasteiger partial charge on any atom is -0.314 e. The van der Waals surface area contributed by atoms with Crippen LogP contribution < -0.4 is 0 Å². The van der Waals surface area contributed by atoms with E-state index in [1.807, 2.05) is 4.57 Å². The van der Waals surface area contributed by atoms with Gasteiger partial charge < -0.3 is 4.57 Å². The molecule has 0 aliphatic carbocycles. The summed E-state index contributed by atoms with van der Waals surface area (Å²) in [4.78, 5) is 0. The summed E-state index contributed by atoms with van der Waals surface area (Å²) in [6, 6.07) is 0. The lowest BCUT2D eigenvalue weighted by Gasteiger charge is -2.15. The Labute approximate surface area is 95.3 Å². The molecule has 1 aliphatic rings. The number of fused-ring (bicyclic) bond motifs is 1. The van der Waals surface area contributed by atoms with Gasteiger partial charge in [0.05, 0.1) is 12.3 Å². The van der Waals surface area contributed by atoms with E-state index in [1.165, 1.54) is 4.31 Å². The second-order valence-electron chi connectivity index (χ2n) is 3.94. The highest BCUT2D eigenvalue weighted by molar-refractivity contribution is 7.89. The molecule has 0 amide bonds. The van der Waals surface area contributed by atoms with Gasteiger partial charge in [-0.3, -0.25) is 0 Å². The third-order valence-corrected chi connectivity index (χ3v) is 4.70. The van der Waals surface area contributed by atoms with Crippen LogP contribution in [0.2, 0.25) is 0 Å². The number of hydrogen-bond acceptors (Lipinski definition) is 4. The van der Waals surface area contributed by atoms with Gasteiger partial charge >= 0.3 is 0 Å². The Bertz CT molecular complexity index is 480. The molecule has 90 valence electrons. The van der Waals surface area contributed by atoms with Crippen LogP contribution in [-0.4, -0.2) is 40.3 Å². The number of aryl methyl sites for hydroxylation is 1. The highest BCUT2D eigenvalue weighted by Crippen LogP contribution is 2.15. The fourth-order valence-corrected chi connectivity index (χ4v) is 2.60. The van der Waals surface area contributed by atoms with Crippen molar-refractivity contribution in [3.05, 3.63) is 11.6 Å². The van der Waals surface area contributed by atoms with Gasteiger partial charge in [0.1, 0.15) is 11.6 Å². The highest BCUT2D eigenvalue weighted by Gasteiger charge is 2.22. The number of aromatic nitrogens is 3. The first kappa shape index (κ1) is 11.5. The lowest BCUT2D eigenvalue weighted by atomic mass is 10.4. The largest absolute Gasteiger partial charge is 0.314 e. The normalized spacial score (nSPS) is 15.7. The van der Waals surface area contributed by atoms with Gasteiger partial charge in [0.25, 0.3) is 0 Å². The van der Waals surface area contributed by atoms with Crippen molar-refractivity contribution in [3.8, 4) is 0 Å².